The Labute approximate surface area is 143 Å². The number of nitrogens with zero attached hydrogens (tertiary/aromatic N) is 6. The largest absolute Gasteiger partial charge is 0.502 e. The van der Waals surface area contributed by atoms with Crippen molar-refractivity contribution in [3.63, 3.8) is 0 Å². The highest BCUT2D eigenvalue weighted by Gasteiger charge is 2.16. The molecule has 0 unspecified atom stereocenters. The van der Waals surface area contributed by atoms with Crippen LogP contribution in [-0.4, -0.2) is 41.2 Å². The van der Waals surface area contributed by atoms with E-state index >= 15 is 0 Å². The zero-order chi connectivity index (χ0) is 18.7. The summed E-state index contributed by atoms with van der Waals surface area (Å²) in [6.07, 6.45) is 1.27. The highest BCUT2D eigenvalue weighted by molar-refractivity contribution is 5.91. The third-order valence-corrected chi connectivity index (χ3v) is 3.17. The first-order valence-electron chi connectivity index (χ1n) is 6.96. The first-order chi connectivity index (χ1) is 12.5. The number of nitrogens with two attached hydrogens (primary N) is 1. The molecule has 5 N–H and O–H groups in total. The maximum absolute atomic E-state index is 12.0. The summed E-state index contributed by atoms with van der Waals surface area (Å²) >= 11 is 0. The van der Waals surface area contributed by atoms with E-state index in [0.717, 1.165) is 10.7 Å². The number of anilines is 1. The van der Waals surface area contributed by atoms with Crippen molar-refractivity contribution < 1.29 is 19.5 Å². The number of benzene rings is 1. The number of hydrazine groups is 1. The molecule has 1 aromatic carbocycles. The van der Waals surface area contributed by atoms with Gasteiger partial charge in [0, 0.05) is 12.6 Å². The molecule has 14 heteroatoms. The van der Waals surface area contributed by atoms with Gasteiger partial charge in [0.1, 0.15) is 0 Å². The molecular formula is C12H11N9O5. The second-order valence-corrected chi connectivity index (χ2v) is 4.91. The molecule has 0 spiro atoms. The summed E-state index contributed by atoms with van der Waals surface area (Å²) in [6.45, 7) is 0.103. The number of aromatic hydroxyl groups is 1. The number of carbonyl (C=O) groups excluding carboxylic acids is 1. The number of phenolic OH excluding ortho intramolecular Hbond substituents is 1. The van der Waals surface area contributed by atoms with Gasteiger partial charge < -0.3 is 10.8 Å². The molecule has 26 heavy (non-hydrogen) atoms. The van der Waals surface area contributed by atoms with Crippen molar-refractivity contribution in [2.24, 2.45) is 0 Å². The summed E-state index contributed by atoms with van der Waals surface area (Å²) < 4.78 is 5.55. The van der Waals surface area contributed by atoms with E-state index in [-0.39, 0.29) is 23.9 Å². The molecule has 1 amide bonds. The number of nitrogens with one attached hydrogen (secondary N) is 2. The Balaban J connectivity index is 1.58. The van der Waals surface area contributed by atoms with Crippen molar-refractivity contribution in [1.82, 2.24) is 36.2 Å². The zero-order valence-corrected chi connectivity index (χ0v) is 12.9. The van der Waals surface area contributed by atoms with Crippen LogP contribution >= 0.6 is 0 Å². The number of hydrogen-bond donors (Lipinski definition) is 4. The minimum Gasteiger partial charge on any atom is -0.502 e. The second kappa shape index (κ2) is 6.81. The molecule has 0 fully saturated rings. The Morgan fingerprint density at radius 1 is 1.42 bits per heavy atom. The molecule has 3 aromatic rings. The second-order valence-electron chi connectivity index (χ2n) is 4.91. The molecule has 0 aliphatic rings. The number of nitrogen functional groups attached to an aromatic ring is 1. The molecular weight excluding hydrogens is 350 g/mol. The molecule has 0 bridgehead atoms. The molecule has 0 saturated heterocycles. The van der Waals surface area contributed by atoms with Crippen LogP contribution in [0.2, 0.25) is 0 Å². The SMILES string of the molecule is Nc1nonc1-n1cc(C(=O)NNCc2ccc([N+](=O)[O-])c(O)c2)nn1. The van der Waals surface area contributed by atoms with E-state index in [9.17, 15) is 20.0 Å². The first kappa shape index (κ1) is 16.8. The van der Waals surface area contributed by atoms with Crippen molar-refractivity contribution in [3.05, 3.63) is 45.8 Å². The summed E-state index contributed by atoms with van der Waals surface area (Å²) in [6, 6.07) is 3.82. The lowest BCUT2D eigenvalue weighted by Crippen LogP contribution is -2.37. The number of nitro benzene ring substituents is 1. The van der Waals surface area contributed by atoms with Gasteiger partial charge in [-0.1, -0.05) is 11.3 Å². The molecule has 2 aromatic heterocycles. The number of carbonyl (C=O) groups is 1. The summed E-state index contributed by atoms with van der Waals surface area (Å²) in [5, 5.41) is 34.4. The number of phenols is 1. The highest BCUT2D eigenvalue weighted by Crippen LogP contribution is 2.25. The monoisotopic (exact) mass is 361 g/mol. The minimum absolute atomic E-state index is 0.0158. The zero-order valence-electron chi connectivity index (χ0n) is 12.9. The predicted molar refractivity (Wildman–Crippen MR) is 82.7 cm³/mol. The van der Waals surface area contributed by atoms with Gasteiger partial charge in [-0.2, -0.15) is 4.68 Å². The van der Waals surface area contributed by atoms with Crippen molar-refractivity contribution in [1.29, 1.82) is 0 Å². The fraction of sp³-hybridized carbons (Fsp3) is 0.0833. The van der Waals surface area contributed by atoms with Crippen molar-refractivity contribution >= 4 is 17.4 Å². The van der Waals surface area contributed by atoms with E-state index in [2.05, 4.69) is 36.1 Å². The fourth-order valence-electron chi connectivity index (χ4n) is 1.95. The summed E-state index contributed by atoms with van der Waals surface area (Å²) in [4.78, 5) is 21.9. The third kappa shape index (κ3) is 3.39. The Morgan fingerprint density at radius 3 is 2.88 bits per heavy atom. The normalized spacial score (nSPS) is 10.6. The molecule has 134 valence electrons. The average Bonchev–Trinajstić information content (AvgIpc) is 3.23. The molecule has 2 heterocycles. The summed E-state index contributed by atoms with van der Waals surface area (Å²) in [7, 11) is 0. The lowest BCUT2D eigenvalue weighted by molar-refractivity contribution is -0.385. The van der Waals surface area contributed by atoms with Gasteiger partial charge in [0.15, 0.2) is 11.4 Å². The van der Waals surface area contributed by atoms with E-state index in [0.29, 0.717) is 5.56 Å². The quantitative estimate of drug-likeness (QED) is 0.319. The van der Waals surface area contributed by atoms with Crippen molar-refractivity contribution in [2.45, 2.75) is 6.54 Å². The molecule has 3 rings (SSSR count). The smallest absolute Gasteiger partial charge is 0.310 e. The fourth-order valence-corrected chi connectivity index (χ4v) is 1.95. The Bertz CT molecular complexity index is 966. The van der Waals surface area contributed by atoms with Gasteiger partial charge in [0.05, 0.1) is 11.1 Å². The molecule has 0 atom stereocenters. The Kier molecular flexibility index (Phi) is 4.40. The predicted octanol–water partition coefficient (Wildman–Crippen LogP) is -0.719. The van der Waals surface area contributed by atoms with Gasteiger partial charge in [-0.25, -0.2) is 10.1 Å². The average molecular weight is 361 g/mol. The topological polar surface area (TPSA) is 200 Å². The molecule has 0 aliphatic heterocycles. The van der Waals surface area contributed by atoms with Gasteiger partial charge in [0.2, 0.25) is 11.6 Å². The maximum Gasteiger partial charge on any atom is 0.310 e. The van der Waals surface area contributed by atoms with Gasteiger partial charge in [-0.15, -0.1) is 5.10 Å². The van der Waals surface area contributed by atoms with Gasteiger partial charge in [0.25, 0.3) is 5.91 Å². The van der Waals surface area contributed by atoms with Crippen LogP contribution in [0.25, 0.3) is 5.82 Å². The number of hydrogen-bond acceptors (Lipinski definition) is 11. The van der Waals surface area contributed by atoms with Gasteiger partial charge in [-0.3, -0.25) is 20.3 Å². The standard InChI is InChI=1S/C12H11N9O5/c13-10-11(18-26-17-10)20-5-7(15-19-20)12(23)16-14-4-6-1-2-8(21(24)25)9(22)3-6/h1-3,5,14,22H,4H2,(H2,13,17)(H,16,23). The lowest BCUT2D eigenvalue weighted by Gasteiger charge is -2.06. The van der Waals surface area contributed by atoms with Crippen LogP contribution in [0.15, 0.2) is 29.0 Å². The van der Waals surface area contributed by atoms with Crippen LogP contribution < -0.4 is 16.6 Å². The van der Waals surface area contributed by atoms with Gasteiger partial charge >= 0.3 is 5.69 Å². The number of rotatable bonds is 6. The highest BCUT2D eigenvalue weighted by atomic mass is 16.6. The van der Waals surface area contributed by atoms with E-state index in [1.807, 2.05) is 0 Å². The van der Waals surface area contributed by atoms with Crippen LogP contribution in [-0.2, 0) is 6.54 Å². The number of amides is 1. The van der Waals surface area contributed by atoms with Crippen molar-refractivity contribution in [2.75, 3.05) is 5.73 Å². The van der Waals surface area contributed by atoms with Gasteiger partial charge in [-0.05, 0) is 21.9 Å². The third-order valence-electron chi connectivity index (χ3n) is 3.17. The molecule has 0 aliphatic carbocycles. The lowest BCUT2D eigenvalue weighted by atomic mass is 10.2. The maximum atomic E-state index is 12.0. The van der Waals surface area contributed by atoms with Crippen LogP contribution in [0.4, 0.5) is 11.5 Å². The molecule has 0 radical (unpaired) electrons. The molecule has 0 saturated carbocycles. The summed E-state index contributed by atoms with van der Waals surface area (Å²) in [5.74, 6) is -0.997. The minimum atomic E-state index is -0.700. The molecule has 14 nitrogen and oxygen atoms in total. The number of aromatic nitrogens is 5. The van der Waals surface area contributed by atoms with Crippen LogP contribution in [0.5, 0.6) is 5.75 Å². The van der Waals surface area contributed by atoms with E-state index in [1.165, 1.54) is 18.3 Å². The van der Waals surface area contributed by atoms with Crippen LogP contribution in [0.1, 0.15) is 16.1 Å². The Morgan fingerprint density at radius 2 is 2.23 bits per heavy atom. The van der Waals surface area contributed by atoms with E-state index < -0.39 is 22.3 Å². The van der Waals surface area contributed by atoms with E-state index in [1.54, 1.807) is 0 Å². The van der Waals surface area contributed by atoms with E-state index in [4.69, 9.17) is 5.73 Å². The Hall–Kier alpha value is -4.07. The number of nitro groups is 1. The van der Waals surface area contributed by atoms with Crippen LogP contribution in [0.3, 0.4) is 0 Å². The summed E-state index contributed by atoms with van der Waals surface area (Å²) in [5.41, 5.74) is 10.6. The first-order valence-corrected chi connectivity index (χ1v) is 6.96. The van der Waals surface area contributed by atoms with Crippen molar-refractivity contribution in [3.8, 4) is 11.6 Å². The van der Waals surface area contributed by atoms with Crippen LogP contribution in [0, 0.1) is 10.1 Å².